The van der Waals surface area contributed by atoms with Gasteiger partial charge in [-0.1, -0.05) is 13.3 Å². The minimum Gasteiger partial charge on any atom is -0.340 e. The number of unbranched alkanes of at least 4 members (excludes halogenated alkanes) is 1. The summed E-state index contributed by atoms with van der Waals surface area (Å²) in [5.41, 5.74) is 0. The number of urea groups is 1. The largest absolute Gasteiger partial charge is 0.340 e. The van der Waals surface area contributed by atoms with Crippen LogP contribution in [0.5, 0.6) is 0 Å². The van der Waals surface area contributed by atoms with Crippen LogP contribution in [0, 0.1) is 0 Å². The molecule has 0 saturated heterocycles. The van der Waals surface area contributed by atoms with Crippen molar-refractivity contribution in [2.24, 2.45) is 5.84 Å². The number of rotatable bonds is 3. The van der Waals surface area contributed by atoms with Gasteiger partial charge in [0.25, 0.3) is 0 Å². The molecule has 0 atom stereocenters. The molecule has 0 rings (SSSR count). The molecular formula is C6H15N3O. The maximum atomic E-state index is 10.7. The molecule has 10 heavy (non-hydrogen) atoms. The van der Waals surface area contributed by atoms with Crippen molar-refractivity contribution in [3.63, 3.8) is 0 Å². The highest BCUT2D eigenvalue weighted by Gasteiger charge is 2.03. The lowest BCUT2D eigenvalue weighted by Crippen LogP contribution is -2.43. The lowest BCUT2D eigenvalue weighted by Gasteiger charge is -2.14. The minimum atomic E-state index is -0.228. The summed E-state index contributed by atoms with van der Waals surface area (Å²) in [5, 5.41) is 3.62. The zero-order valence-electron chi connectivity index (χ0n) is 6.55. The van der Waals surface area contributed by atoms with Crippen LogP contribution in [-0.4, -0.2) is 24.6 Å². The standard InChI is InChI=1S/C6H15N3O/c1-3-4-5-9(7)6(10)8-2/h3-5,7H2,1-2H3,(H,8,10). The molecule has 3 N–H and O–H groups in total. The summed E-state index contributed by atoms with van der Waals surface area (Å²) >= 11 is 0. The molecule has 0 saturated carbocycles. The van der Waals surface area contributed by atoms with Crippen molar-refractivity contribution >= 4 is 6.03 Å². The van der Waals surface area contributed by atoms with Crippen molar-refractivity contribution in [3.8, 4) is 0 Å². The number of hydrogen-bond donors (Lipinski definition) is 2. The van der Waals surface area contributed by atoms with Crippen LogP contribution in [-0.2, 0) is 0 Å². The van der Waals surface area contributed by atoms with Gasteiger partial charge in [-0.15, -0.1) is 0 Å². The monoisotopic (exact) mass is 145 g/mol. The highest BCUT2D eigenvalue weighted by Crippen LogP contribution is 1.88. The predicted molar refractivity (Wildman–Crippen MR) is 40.3 cm³/mol. The third kappa shape index (κ3) is 3.29. The first kappa shape index (κ1) is 9.23. The summed E-state index contributed by atoms with van der Waals surface area (Å²) in [7, 11) is 1.56. The van der Waals surface area contributed by atoms with Crippen molar-refractivity contribution in [3.05, 3.63) is 0 Å². The predicted octanol–water partition coefficient (Wildman–Crippen LogP) is 0.302. The summed E-state index contributed by atoms with van der Waals surface area (Å²) in [5.74, 6) is 5.34. The summed E-state index contributed by atoms with van der Waals surface area (Å²) in [6.07, 6.45) is 1.99. The Morgan fingerprint density at radius 1 is 1.70 bits per heavy atom. The third-order valence-electron chi connectivity index (χ3n) is 1.23. The normalized spacial score (nSPS) is 9.10. The summed E-state index contributed by atoms with van der Waals surface area (Å²) in [6.45, 7) is 2.67. The van der Waals surface area contributed by atoms with Crippen LogP contribution in [0.25, 0.3) is 0 Å². The second kappa shape index (κ2) is 5.05. The van der Waals surface area contributed by atoms with Crippen LogP contribution in [0.4, 0.5) is 4.79 Å². The van der Waals surface area contributed by atoms with E-state index >= 15 is 0 Å². The molecule has 0 radical (unpaired) electrons. The van der Waals surface area contributed by atoms with E-state index in [1.807, 2.05) is 0 Å². The maximum Gasteiger partial charge on any atom is 0.331 e. The molecule has 0 aliphatic heterocycles. The second-order valence-corrected chi connectivity index (χ2v) is 2.10. The van der Waals surface area contributed by atoms with E-state index in [0.29, 0.717) is 6.54 Å². The van der Waals surface area contributed by atoms with Gasteiger partial charge in [-0.05, 0) is 6.42 Å². The number of hydrazine groups is 1. The number of nitrogens with one attached hydrogen (secondary N) is 1. The Bertz CT molecular complexity index is 105. The van der Waals surface area contributed by atoms with Crippen molar-refractivity contribution in [2.45, 2.75) is 19.8 Å². The van der Waals surface area contributed by atoms with Gasteiger partial charge >= 0.3 is 6.03 Å². The van der Waals surface area contributed by atoms with Gasteiger partial charge in [-0.3, -0.25) is 5.01 Å². The molecule has 0 spiro atoms. The Kier molecular flexibility index (Phi) is 4.66. The Labute approximate surface area is 61.3 Å². The molecule has 0 aromatic rings. The van der Waals surface area contributed by atoms with E-state index in [4.69, 9.17) is 5.84 Å². The number of nitrogens with two attached hydrogens (primary N) is 1. The van der Waals surface area contributed by atoms with Gasteiger partial charge in [0, 0.05) is 13.6 Å². The number of carbonyl (C=O) groups excluding carboxylic acids is 1. The number of carbonyl (C=O) groups is 1. The zero-order chi connectivity index (χ0) is 7.98. The summed E-state index contributed by atoms with van der Waals surface area (Å²) < 4.78 is 0. The Morgan fingerprint density at radius 2 is 2.30 bits per heavy atom. The highest BCUT2D eigenvalue weighted by atomic mass is 16.2. The molecule has 0 bridgehead atoms. The van der Waals surface area contributed by atoms with E-state index in [1.54, 1.807) is 7.05 Å². The molecule has 2 amide bonds. The molecule has 0 fully saturated rings. The average molecular weight is 145 g/mol. The van der Waals surface area contributed by atoms with E-state index in [1.165, 1.54) is 5.01 Å². The minimum absolute atomic E-state index is 0.228. The molecule has 0 aliphatic rings. The van der Waals surface area contributed by atoms with Crippen LogP contribution in [0.1, 0.15) is 19.8 Å². The van der Waals surface area contributed by atoms with Crippen LogP contribution in [0.2, 0.25) is 0 Å². The maximum absolute atomic E-state index is 10.7. The van der Waals surface area contributed by atoms with E-state index in [9.17, 15) is 4.79 Å². The van der Waals surface area contributed by atoms with Crippen LogP contribution in [0.15, 0.2) is 0 Å². The number of nitrogens with zero attached hydrogens (tertiary/aromatic N) is 1. The van der Waals surface area contributed by atoms with Gasteiger partial charge in [0.1, 0.15) is 0 Å². The molecular weight excluding hydrogens is 130 g/mol. The summed E-state index contributed by atoms with van der Waals surface area (Å²) in [4.78, 5) is 10.7. The highest BCUT2D eigenvalue weighted by molar-refractivity contribution is 5.72. The van der Waals surface area contributed by atoms with E-state index < -0.39 is 0 Å². The molecule has 0 unspecified atom stereocenters. The average Bonchev–Trinajstić information content (AvgIpc) is 1.98. The van der Waals surface area contributed by atoms with E-state index in [2.05, 4.69) is 12.2 Å². The van der Waals surface area contributed by atoms with Crippen LogP contribution in [0.3, 0.4) is 0 Å². The first-order valence-electron chi connectivity index (χ1n) is 3.46. The van der Waals surface area contributed by atoms with Crippen molar-refractivity contribution < 1.29 is 4.79 Å². The van der Waals surface area contributed by atoms with Crippen molar-refractivity contribution in [2.75, 3.05) is 13.6 Å². The fraction of sp³-hybridized carbons (Fsp3) is 0.833. The first-order valence-corrected chi connectivity index (χ1v) is 3.46. The summed E-state index contributed by atoms with van der Waals surface area (Å²) in [6, 6.07) is -0.228. The smallest absolute Gasteiger partial charge is 0.331 e. The quantitative estimate of drug-likeness (QED) is 0.341. The second-order valence-electron chi connectivity index (χ2n) is 2.10. The van der Waals surface area contributed by atoms with Crippen molar-refractivity contribution in [1.29, 1.82) is 0 Å². The van der Waals surface area contributed by atoms with Crippen LogP contribution >= 0.6 is 0 Å². The van der Waals surface area contributed by atoms with E-state index in [-0.39, 0.29) is 6.03 Å². The van der Waals surface area contributed by atoms with Gasteiger partial charge in [0.2, 0.25) is 0 Å². The number of amides is 2. The lowest BCUT2D eigenvalue weighted by atomic mass is 10.3. The topological polar surface area (TPSA) is 58.4 Å². The number of hydrogen-bond acceptors (Lipinski definition) is 2. The molecule has 0 aliphatic carbocycles. The first-order chi connectivity index (χ1) is 4.72. The molecule has 60 valence electrons. The SMILES string of the molecule is CCCCN(N)C(=O)NC. The van der Waals surface area contributed by atoms with E-state index in [0.717, 1.165) is 12.8 Å². The van der Waals surface area contributed by atoms with Gasteiger partial charge in [-0.25, -0.2) is 10.6 Å². The van der Waals surface area contributed by atoms with Gasteiger partial charge in [0.15, 0.2) is 0 Å². The fourth-order valence-electron chi connectivity index (χ4n) is 0.574. The third-order valence-corrected chi connectivity index (χ3v) is 1.23. The molecule has 0 aromatic heterocycles. The Morgan fingerprint density at radius 3 is 2.70 bits per heavy atom. The molecule has 4 nitrogen and oxygen atoms in total. The Hall–Kier alpha value is -0.770. The molecule has 4 heteroatoms. The van der Waals surface area contributed by atoms with Gasteiger partial charge < -0.3 is 5.32 Å². The Balaban J connectivity index is 3.41. The van der Waals surface area contributed by atoms with Gasteiger partial charge in [-0.2, -0.15) is 0 Å². The molecule has 0 heterocycles. The molecule has 0 aromatic carbocycles. The van der Waals surface area contributed by atoms with Crippen molar-refractivity contribution in [1.82, 2.24) is 10.3 Å². The zero-order valence-corrected chi connectivity index (χ0v) is 6.55. The lowest BCUT2D eigenvalue weighted by molar-refractivity contribution is 0.200. The fourth-order valence-corrected chi connectivity index (χ4v) is 0.574. The van der Waals surface area contributed by atoms with Crippen LogP contribution < -0.4 is 11.2 Å². The van der Waals surface area contributed by atoms with Gasteiger partial charge in [0.05, 0.1) is 0 Å².